The molecule has 1 aromatic rings. The topological polar surface area (TPSA) is 33.6 Å². The Morgan fingerprint density at radius 1 is 1.56 bits per heavy atom. The molecule has 1 saturated heterocycles. The monoisotopic (exact) mass is 304 g/mol. The fourth-order valence-corrected chi connectivity index (χ4v) is 3.82. The van der Waals surface area contributed by atoms with Gasteiger partial charge in [0.15, 0.2) is 5.17 Å². The standard InChI is InChI=1S/C12H17ClN2OS2/c1-16-7-5-9-8-17-12(15-9)14-6-4-10-2-3-11(13)18-10/h2-3,9H,4-8H2,1H3,(H,14,15). The molecule has 3 nitrogen and oxygen atoms in total. The zero-order valence-electron chi connectivity index (χ0n) is 10.3. The fraction of sp³-hybridized carbons (Fsp3) is 0.583. The highest BCUT2D eigenvalue weighted by molar-refractivity contribution is 8.14. The van der Waals surface area contributed by atoms with E-state index < -0.39 is 0 Å². The number of amidine groups is 1. The maximum absolute atomic E-state index is 5.89. The minimum atomic E-state index is 0.505. The first-order chi connectivity index (χ1) is 8.78. The number of halogens is 1. The Morgan fingerprint density at radius 3 is 3.17 bits per heavy atom. The van der Waals surface area contributed by atoms with Crippen molar-refractivity contribution in [2.75, 3.05) is 26.0 Å². The zero-order valence-corrected chi connectivity index (χ0v) is 12.7. The molecule has 0 radical (unpaired) electrons. The van der Waals surface area contributed by atoms with Crippen LogP contribution in [0.1, 0.15) is 11.3 Å². The number of thioether (sulfide) groups is 1. The lowest BCUT2D eigenvalue weighted by Gasteiger charge is -2.08. The lowest BCUT2D eigenvalue weighted by molar-refractivity contribution is 0.188. The van der Waals surface area contributed by atoms with Gasteiger partial charge in [-0.15, -0.1) is 11.3 Å². The average Bonchev–Trinajstić information content (AvgIpc) is 2.96. The van der Waals surface area contributed by atoms with E-state index in [9.17, 15) is 0 Å². The molecule has 2 heterocycles. The van der Waals surface area contributed by atoms with E-state index in [2.05, 4.69) is 16.4 Å². The molecule has 1 fully saturated rings. The molecule has 0 aromatic carbocycles. The summed E-state index contributed by atoms with van der Waals surface area (Å²) in [5, 5.41) is 4.50. The van der Waals surface area contributed by atoms with E-state index >= 15 is 0 Å². The molecule has 0 amide bonds. The van der Waals surface area contributed by atoms with Crippen LogP contribution in [0, 0.1) is 0 Å². The van der Waals surface area contributed by atoms with Crippen molar-refractivity contribution in [3.05, 3.63) is 21.3 Å². The Labute approximate surface area is 121 Å². The van der Waals surface area contributed by atoms with Gasteiger partial charge in [-0.1, -0.05) is 23.4 Å². The van der Waals surface area contributed by atoms with E-state index in [1.165, 1.54) is 4.88 Å². The predicted molar refractivity (Wildman–Crippen MR) is 81.2 cm³/mol. The molecule has 1 atom stereocenters. The SMILES string of the molecule is COCCC1CSC(=NCCc2ccc(Cl)s2)N1. The second-order valence-electron chi connectivity index (χ2n) is 4.08. The largest absolute Gasteiger partial charge is 0.385 e. The first-order valence-electron chi connectivity index (χ1n) is 5.95. The molecular weight excluding hydrogens is 288 g/mol. The summed E-state index contributed by atoms with van der Waals surface area (Å²) < 4.78 is 5.93. The van der Waals surface area contributed by atoms with Crippen molar-refractivity contribution in [1.29, 1.82) is 0 Å². The number of rotatable bonds is 6. The van der Waals surface area contributed by atoms with Crippen molar-refractivity contribution < 1.29 is 4.74 Å². The van der Waals surface area contributed by atoms with Gasteiger partial charge in [0.25, 0.3) is 0 Å². The van der Waals surface area contributed by atoms with Crippen molar-refractivity contribution in [3.8, 4) is 0 Å². The maximum atomic E-state index is 5.89. The van der Waals surface area contributed by atoms with Crippen LogP contribution in [0.5, 0.6) is 0 Å². The number of ether oxygens (including phenoxy) is 1. The van der Waals surface area contributed by atoms with Crippen LogP contribution in [0.4, 0.5) is 0 Å². The Kier molecular flexibility index (Phi) is 5.82. The van der Waals surface area contributed by atoms with Crippen molar-refractivity contribution in [2.45, 2.75) is 18.9 Å². The summed E-state index contributed by atoms with van der Waals surface area (Å²) in [4.78, 5) is 5.87. The fourth-order valence-electron chi connectivity index (χ4n) is 1.70. The lowest BCUT2D eigenvalue weighted by atomic mass is 10.2. The van der Waals surface area contributed by atoms with Gasteiger partial charge >= 0.3 is 0 Å². The number of thiophene rings is 1. The predicted octanol–water partition coefficient (Wildman–Crippen LogP) is 3.04. The van der Waals surface area contributed by atoms with Crippen LogP contribution in [0.25, 0.3) is 0 Å². The van der Waals surface area contributed by atoms with Crippen LogP contribution in [-0.2, 0) is 11.2 Å². The minimum Gasteiger partial charge on any atom is -0.385 e. The summed E-state index contributed by atoms with van der Waals surface area (Å²) in [6, 6.07) is 4.52. The molecular formula is C12H17ClN2OS2. The number of aliphatic imine (C=N–C) groups is 1. The minimum absolute atomic E-state index is 0.505. The van der Waals surface area contributed by atoms with E-state index in [0.29, 0.717) is 6.04 Å². The van der Waals surface area contributed by atoms with Gasteiger partial charge in [0, 0.05) is 43.4 Å². The normalized spacial score (nSPS) is 21.4. The first kappa shape index (κ1) is 14.2. The van der Waals surface area contributed by atoms with E-state index in [0.717, 1.165) is 41.3 Å². The van der Waals surface area contributed by atoms with E-state index in [-0.39, 0.29) is 0 Å². The van der Waals surface area contributed by atoms with Gasteiger partial charge in [0.2, 0.25) is 0 Å². The molecule has 0 aliphatic carbocycles. The molecule has 0 saturated carbocycles. The Hall–Kier alpha value is -0.230. The Bertz CT molecular complexity index is 409. The summed E-state index contributed by atoms with van der Waals surface area (Å²) in [7, 11) is 1.74. The molecule has 1 unspecified atom stereocenters. The van der Waals surface area contributed by atoms with E-state index in [1.54, 1.807) is 30.2 Å². The highest BCUT2D eigenvalue weighted by atomic mass is 35.5. The molecule has 18 heavy (non-hydrogen) atoms. The molecule has 100 valence electrons. The van der Waals surface area contributed by atoms with Crippen molar-refractivity contribution >= 4 is 39.9 Å². The second kappa shape index (κ2) is 7.38. The number of methoxy groups -OCH3 is 1. The third-order valence-corrected chi connectivity index (χ3v) is 5.04. The number of nitrogens with zero attached hydrogens (tertiary/aromatic N) is 1. The Balaban J connectivity index is 1.71. The van der Waals surface area contributed by atoms with Crippen molar-refractivity contribution in [1.82, 2.24) is 5.32 Å². The van der Waals surface area contributed by atoms with E-state index in [1.807, 2.05) is 6.07 Å². The van der Waals surface area contributed by atoms with Crippen molar-refractivity contribution in [3.63, 3.8) is 0 Å². The molecule has 0 spiro atoms. The second-order valence-corrected chi connectivity index (χ2v) is 6.88. The van der Waals surface area contributed by atoms with Crippen LogP contribution >= 0.6 is 34.7 Å². The summed E-state index contributed by atoms with van der Waals surface area (Å²) in [6.45, 7) is 1.63. The Morgan fingerprint density at radius 2 is 2.44 bits per heavy atom. The van der Waals surface area contributed by atoms with Gasteiger partial charge in [-0.25, -0.2) is 0 Å². The summed E-state index contributed by atoms with van der Waals surface area (Å²) in [5.74, 6) is 1.09. The summed E-state index contributed by atoms with van der Waals surface area (Å²) in [6.07, 6.45) is 2.01. The molecule has 2 rings (SSSR count). The molecule has 1 N–H and O–H groups in total. The van der Waals surface area contributed by atoms with Crippen LogP contribution in [-0.4, -0.2) is 37.2 Å². The van der Waals surface area contributed by atoms with Gasteiger partial charge in [-0.05, 0) is 18.6 Å². The summed E-state index contributed by atoms with van der Waals surface area (Å²) >= 11 is 9.32. The highest BCUT2D eigenvalue weighted by Crippen LogP contribution is 2.22. The molecule has 1 aromatic heterocycles. The van der Waals surface area contributed by atoms with E-state index in [4.69, 9.17) is 16.3 Å². The molecule has 1 aliphatic rings. The highest BCUT2D eigenvalue weighted by Gasteiger charge is 2.19. The summed E-state index contributed by atoms with van der Waals surface area (Å²) in [5.41, 5.74) is 0. The third-order valence-electron chi connectivity index (χ3n) is 2.66. The smallest absolute Gasteiger partial charge is 0.156 e. The molecule has 1 aliphatic heterocycles. The lowest BCUT2D eigenvalue weighted by Crippen LogP contribution is -2.28. The number of nitrogens with one attached hydrogen (secondary N) is 1. The number of hydrogen-bond donors (Lipinski definition) is 1. The van der Waals surface area contributed by atoms with Crippen LogP contribution in [0.15, 0.2) is 17.1 Å². The zero-order chi connectivity index (χ0) is 12.8. The van der Waals surface area contributed by atoms with Gasteiger partial charge in [0.1, 0.15) is 0 Å². The number of hydrogen-bond acceptors (Lipinski definition) is 4. The van der Waals surface area contributed by atoms with Crippen LogP contribution in [0.3, 0.4) is 0 Å². The third kappa shape index (κ3) is 4.46. The van der Waals surface area contributed by atoms with Gasteiger partial charge in [0.05, 0.1) is 4.34 Å². The molecule has 0 bridgehead atoms. The van der Waals surface area contributed by atoms with Crippen molar-refractivity contribution in [2.24, 2.45) is 4.99 Å². The van der Waals surface area contributed by atoms with Gasteiger partial charge < -0.3 is 10.1 Å². The van der Waals surface area contributed by atoms with Gasteiger partial charge in [-0.3, -0.25) is 4.99 Å². The van der Waals surface area contributed by atoms with Crippen LogP contribution < -0.4 is 5.32 Å². The van der Waals surface area contributed by atoms with Gasteiger partial charge in [-0.2, -0.15) is 0 Å². The maximum Gasteiger partial charge on any atom is 0.156 e. The average molecular weight is 305 g/mol. The molecule has 6 heteroatoms. The van der Waals surface area contributed by atoms with Crippen LogP contribution in [0.2, 0.25) is 4.34 Å². The first-order valence-corrected chi connectivity index (χ1v) is 8.13. The quantitative estimate of drug-likeness (QED) is 0.877.